The van der Waals surface area contributed by atoms with Crippen molar-refractivity contribution in [3.8, 4) is 11.5 Å². The molecule has 0 fully saturated rings. The fourth-order valence-electron chi connectivity index (χ4n) is 2.25. The first kappa shape index (κ1) is 17.1. The number of hydrogen-bond acceptors (Lipinski definition) is 3. The van der Waals surface area contributed by atoms with Gasteiger partial charge in [0.25, 0.3) is 0 Å². The van der Waals surface area contributed by atoms with Crippen molar-refractivity contribution < 1.29 is 9.84 Å². The molecule has 3 nitrogen and oxygen atoms in total. The maximum Gasteiger partial charge on any atom is 0.132 e. The molecule has 1 N–H and O–H groups in total. The van der Waals surface area contributed by atoms with Crippen molar-refractivity contribution in [2.45, 2.75) is 20.3 Å². The molecule has 0 amide bonds. The van der Waals surface area contributed by atoms with E-state index in [1.165, 1.54) is 0 Å². The maximum absolute atomic E-state index is 10.2. The van der Waals surface area contributed by atoms with Crippen LogP contribution in [-0.2, 0) is 6.42 Å². The summed E-state index contributed by atoms with van der Waals surface area (Å²) in [6.07, 6.45) is 4.30. The molecule has 2 aromatic carbocycles. The van der Waals surface area contributed by atoms with Gasteiger partial charge in [-0.25, -0.2) is 0 Å². The molecule has 23 heavy (non-hydrogen) atoms. The van der Waals surface area contributed by atoms with Gasteiger partial charge in [0.05, 0.1) is 17.9 Å². The molecule has 2 aromatic rings. The summed E-state index contributed by atoms with van der Waals surface area (Å²) in [6, 6.07) is 12.9. The van der Waals surface area contributed by atoms with E-state index in [0.717, 1.165) is 17.0 Å². The Morgan fingerprint density at radius 1 is 1.17 bits per heavy atom. The number of aliphatic imine (C=N–C) groups is 1. The van der Waals surface area contributed by atoms with Gasteiger partial charge in [0.2, 0.25) is 0 Å². The van der Waals surface area contributed by atoms with Crippen molar-refractivity contribution in [3.05, 3.63) is 64.7 Å². The van der Waals surface area contributed by atoms with Gasteiger partial charge in [-0.15, -0.1) is 0 Å². The molecular weight excluding hydrogens is 310 g/mol. The highest BCUT2D eigenvalue weighted by Crippen LogP contribution is 2.34. The van der Waals surface area contributed by atoms with Gasteiger partial charge in [-0.2, -0.15) is 0 Å². The summed E-state index contributed by atoms with van der Waals surface area (Å²) >= 11 is 5.88. The third-order valence-electron chi connectivity index (χ3n) is 3.36. The zero-order chi connectivity index (χ0) is 16.7. The highest BCUT2D eigenvalue weighted by atomic mass is 35.5. The van der Waals surface area contributed by atoms with Gasteiger partial charge < -0.3 is 9.84 Å². The third kappa shape index (κ3) is 4.60. The first-order valence-corrected chi connectivity index (χ1v) is 7.88. The summed E-state index contributed by atoms with van der Waals surface area (Å²) in [5.74, 6) is 0.783. The number of phenols is 1. The molecule has 0 atom stereocenters. The monoisotopic (exact) mass is 329 g/mol. The minimum atomic E-state index is 0.160. The van der Waals surface area contributed by atoms with Crippen LogP contribution in [-0.4, -0.2) is 17.9 Å². The first-order valence-electron chi connectivity index (χ1n) is 7.50. The smallest absolute Gasteiger partial charge is 0.132 e. The molecule has 0 aliphatic heterocycles. The number of allylic oxidation sites excluding steroid dienone is 1. The number of hydrogen-bond donors (Lipinski definition) is 1. The number of ether oxygens (including phenoxy) is 1. The van der Waals surface area contributed by atoms with Gasteiger partial charge in [-0.1, -0.05) is 35.9 Å². The number of nitrogens with zero attached hydrogens (tertiary/aromatic N) is 1. The van der Waals surface area contributed by atoms with Crippen LogP contribution < -0.4 is 4.74 Å². The van der Waals surface area contributed by atoms with Crippen molar-refractivity contribution in [2.75, 3.05) is 6.61 Å². The molecule has 0 aliphatic carbocycles. The SMILES string of the molecule is CC=NC(=CC)c1c(O)cccc1OCCc1ccc(Cl)cc1. The molecule has 0 spiro atoms. The molecule has 0 aromatic heterocycles. The van der Waals surface area contributed by atoms with Gasteiger partial charge in [-0.05, 0) is 43.7 Å². The highest BCUT2D eigenvalue weighted by Gasteiger charge is 2.12. The molecule has 0 bridgehead atoms. The van der Waals surface area contributed by atoms with Crippen molar-refractivity contribution in [1.29, 1.82) is 0 Å². The third-order valence-corrected chi connectivity index (χ3v) is 3.62. The minimum absolute atomic E-state index is 0.160. The van der Waals surface area contributed by atoms with Crippen LogP contribution in [0.25, 0.3) is 5.70 Å². The van der Waals surface area contributed by atoms with E-state index in [-0.39, 0.29) is 5.75 Å². The second-order valence-corrected chi connectivity index (χ2v) is 5.37. The Morgan fingerprint density at radius 3 is 2.57 bits per heavy atom. The number of benzene rings is 2. The van der Waals surface area contributed by atoms with E-state index in [2.05, 4.69) is 4.99 Å². The molecule has 120 valence electrons. The van der Waals surface area contributed by atoms with Gasteiger partial charge >= 0.3 is 0 Å². The predicted octanol–water partition coefficient (Wildman–Crippen LogP) is 5.12. The lowest BCUT2D eigenvalue weighted by Gasteiger charge is -2.13. The molecule has 0 unspecified atom stereocenters. The first-order chi connectivity index (χ1) is 11.2. The van der Waals surface area contributed by atoms with E-state index < -0.39 is 0 Å². The van der Waals surface area contributed by atoms with E-state index in [0.29, 0.717) is 23.6 Å². The normalized spacial score (nSPS) is 11.9. The van der Waals surface area contributed by atoms with Crippen LogP contribution in [0, 0.1) is 0 Å². The standard InChI is InChI=1S/C19H20ClNO2/c1-3-16(21-4-2)19-17(22)6-5-7-18(19)23-13-12-14-8-10-15(20)11-9-14/h3-11,22H,12-13H2,1-2H3. The lowest BCUT2D eigenvalue weighted by Crippen LogP contribution is -2.03. The van der Waals surface area contributed by atoms with E-state index in [1.54, 1.807) is 18.3 Å². The highest BCUT2D eigenvalue weighted by molar-refractivity contribution is 6.30. The second-order valence-electron chi connectivity index (χ2n) is 4.94. The van der Waals surface area contributed by atoms with Crippen molar-refractivity contribution in [2.24, 2.45) is 4.99 Å². The van der Waals surface area contributed by atoms with Gasteiger partial charge in [0, 0.05) is 17.7 Å². The van der Waals surface area contributed by atoms with Crippen molar-refractivity contribution in [1.82, 2.24) is 0 Å². The molecule has 4 heteroatoms. The molecule has 0 radical (unpaired) electrons. The van der Waals surface area contributed by atoms with E-state index in [4.69, 9.17) is 16.3 Å². The number of phenolic OH excluding ortho intramolecular Hbond substituents is 1. The van der Waals surface area contributed by atoms with Crippen LogP contribution in [0.5, 0.6) is 11.5 Å². The van der Waals surface area contributed by atoms with Gasteiger partial charge in [-0.3, -0.25) is 4.99 Å². The Bertz CT molecular complexity index is 706. The molecule has 0 saturated heterocycles. The predicted molar refractivity (Wildman–Crippen MR) is 96.6 cm³/mol. The summed E-state index contributed by atoms with van der Waals surface area (Å²) in [4.78, 5) is 4.29. The Hall–Kier alpha value is -2.26. The van der Waals surface area contributed by atoms with E-state index in [9.17, 15) is 5.11 Å². The van der Waals surface area contributed by atoms with Gasteiger partial charge in [0.1, 0.15) is 11.5 Å². The number of aromatic hydroxyl groups is 1. The fourth-order valence-corrected chi connectivity index (χ4v) is 2.38. The van der Waals surface area contributed by atoms with Crippen molar-refractivity contribution in [3.63, 3.8) is 0 Å². The topological polar surface area (TPSA) is 41.8 Å². The molecule has 0 saturated carbocycles. The number of halogens is 1. The summed E-state index contributed by atoms with van der Waals surface area (Å²) in [5, 5.41) is 10.9. The van der Waals surface area contributed by atoms with Crippen LogP contribution in [0.3, 0.4) is 0 Å². The average molecular weight is 330 g/mol. The van der Waals surface area contributed by atoms with Crippen LogP contribution in [0.1, 0.15) is 25.0 Å². The maximum atomic E-state index is 10.2. The quantitative estimate of drug-likeness (QED) is 0.747. The lowest BCUT2D eigenvalue weighted by atomic mass is 10.1. The summed E-state index contributed by atoms with van der Waals surface area (Å²) < 4.78 is 5.87. The molecule has 0 aliphatic rings. The van der Waals surface area contributed by atoms with Crippen LogP contribution in [0.2, 0.25) is 5.02 Å². The van der Waals surface area contributed by atoms with Crippen LogP contribution >= 0.6 is 11.6 Å². The van der Waals surface area contributed by atoms with Crippen LogP contribution in [0.4, 0.5) is 0 Å². The van der Waals surface area contributed by atoms with E-state index >= 15 is 0 Å². The summed E-state index contributed by atoms with van der Waals surface area (Å²) in [5.41, 5.74) is 2.45. The lowest BCUT2D eigenvalue weighted by molar-refractivity contribution is 0.319. The Kier molecular flexibility index (Phi) is 6.24. The molecule has 2 rings (SSSR count). The van der Waals surface area contributed by atoms with Gasteiger partial charge in [0.15, 0.2) is 0 Å². The fraction of sp³-hybridized carbons (Fsp3) is 0.211. The molecule has 0 heterocycles. The minimum Gasteiger partial charge on any atom is -0.507 e. The second kappa shape index (κ2) is 8.39. The Labute approximate surface area is 141 Å². The zero-order valence-corrected chi connectivity index (χ0v) is 14.0. The summed E-state index contributed by atoms with van der Waals surface area (Å²) in [7, 11) is 0. The molecular formula is C19H20ClNO2. The Morgan fingerprint density at radius 2 is 1.91 bits per heavy atom. The largest absolute Gasteiger partial charge is 0.507 e. The van der Waals surface area contributed by atoms with E-state index in [1.807, 2.05) is 50.3 Å². The summed E-state index contributed by atoms with van der Waals surface area (Å²) in [6.45, 7) is 4.22. The number of rotatable bonds is 6. The Balaban J connectivity index is 2.13. The zero-order valence-electron chi connectivity index (χ0n) is 13.3. The van der Waals surface area contributed by atoms with Crippen molar-refractivity contribution >= 4 is 23.5 Å². The average Bonchev–Trinajstić information content (AvgIpc) is 2.55. The van der Waals surface area contributed by atoms with Crippen LogP contribution in [0.15, 0.2) is 53.5 Å².